The van der Waals surface area contributed by atoms with E-state index in [0.29, 0.717) is 21.9 Å². The zero-order chi connectivity index (χ0) is 21.1. The number of thioether (sulfide) groups is 1. The van der Waals surface area contributed by atoms with Crippen LogP contribution in [0.25, 0.3) is 21.3 Å². The van der Waals surface area contributed by atoms with E-state index in [0.717, 1.165) is 22.4 Å². The Bertz CT molecular complexity index is 1260. The Labute approximate surface area is 182 Å². The molecule has 0 saturated carbocycles. The molecule has 0 aliphatic rings. The first-order chi connectivity index (χ1) is 14.6. The molecule has 0 radical (unpaired) electrons. The fourth-order valence-electron chi connectivity index (χ4n) is 3.22. The number of benzene rings is 2. The van der Waals surface area contributed by atoms with E-state index in [1.165, 1.54) is 23.1 Å². The minimum absolute atomic E-state index is 0.0588. The number of thiophene rings is 1. The topological polar surface area (TPSA) is 64.0 Å². The van der Waals surface area contributed by atoms with Gasteiger partial charge < -0.3 is 5.32 Å². The average molecular weight is 436 g/mol. The summed E-state index contributed by atoms with van der Waals surface area (Å²) in [5.74, 6) is 0.0526. The molecule has 0 aliphatic carbocycles. The lowest BCUT2D eigenvalue weighted by atomic mass is 10.1. The predicted molar refractivity (Wildman–Crippen MR) is 126 cm³/mol. The number of hydrogen-bond donors (Lipinski definition) is 1. The zero-order valence-corrected chi connectivity index (χ0v) is 18.3. The van der Waals surface area contributed by atoms with E-state index in [1.54, 1.807) is 4.57 Å². The number of hydrogen-bond acceptors (Lipinski definition) is 5. The third-order valence-corrected chi connectivity index (χ3v) is 6.73. The van der Waals surface area contributed by atoms with Gasteiger partial charge in [0.1, 0.15) is 4.70 Å². The van der Waals surface area contributed by atoms with Crippen molar-refractivity contribution in [2.75, 3.05) is 11.1 Å². The lowest BCUT2D eigenvalue weighted by Crippen LogP contribution is -2.23. The molecule has 30 heavy (non-hydrogen) atoms. The number of nitrogens with zero attached hydrogens (tertiary/aromatic N) is 2. The van der Waals surface area contributed by atoms with Gasteiger partial charge in [-0.05, 0) is 31.0 Å². The Kier molecular flexibility index (Phi) is 6.01. The smallest absolute Gasteiger partial charge is 0.272 e. The van der Waals surface area contributed by atoms with Gasteiger partial charge in [-0.1, -0.05) is 60.3 Å². The lowest BCUT2D eigenvalue weighted by Gasteiger charge is -2.11. The van der Waals surface area contributed by atoms with Gasteiger partial charge in [0.25, 0.3) is 5.56 Å². The van der Waals surface area contributed by atoms with Crippen LogP contribution in [-0.2, 0) is 11.3 Å². The van der Waals surface area contributed by atoms with Crippen molar-refractivity contribution in [1.82, 2.24) is 9.55 Å². The highest BCUT2D eigenvalue weighted by Crippen LogP contribution is 2.32. The Morgan fingerprint density at radius 2 is 1.87 bits per heavy atom. The highest BCUT2D eigenvalue weighted by Gasteiger charge is 2.17. The van der Waals surface area contributed by atoms with Crippen molar-refractivity contribution in [3.63, 3.8) is 0 Å². The number of nitrogens with one attached hydrogen (secondary N) is 1. The Hall–Kier alpha value is -2.90. The van der Waals surface area contributed by atoms with E-state index in [2.05, 4.69) is 5.32 Å². The average Bonchev–Trinajstić information content (AvgIpc) is 3.19. The summed E-state index contributed by atoms with van der Waals surface area (Å²) in [5, 5.41) is 5.47. The van der Waals surface area contributed by atoms with Gasteiger partial charge in [0.2, 0.25) is 5.91 Å². The summed E-state index contributed by atoms with van der Waals surface area (Å²) in [6.07, 6.45) is 0. The second-order valence-corrected chi connectivity index (χ2v) is 8.61. The highest BCUT2D eigenvalue weighted by atomic mass is 32.2. The number of anilines is 1. The maximum absolute atomic E-state index is 13.0. The molecule has 0 spiro atoms. The molecule has 2 heterocycles. The zero-order valence-electron chi connectivity index (χ0n) is 16.7. The maximum Gasteiger partial charge on any atom is 0.272 e. The third-order valence-electron chi connectivity index (χ3n) is 4.80. The first kappa shape index (κ1) is 20.4. The molecular weight excluding hydrogens is 414 g/mol. The quantitative estimate of drug-likeness (QED) is 0.335. The van der Waals surface area contributed by atoms with Crippen LogP contribution in [0.4, 0.5) is 5.69 Å². The minimum atomic E-state index is -0.125. The van der Waals surface area contributed by atoms with E-state index in [9.17, 15) is 9.59 Å². The molecule has 0 unspecified atom stereocenters. The Balaban J connectivity index is 1.64. The monoisotopic (exact) mass is 435 g/mol. The van der Waals surface area contributed by atoms with Crippen LogP contribution >= 0.6 is 23.1 Å². The maximum atomic E-state index is 13.0. The van der Waals surface area contributed by atoms with Crippen molar-refractivity contribution in [1.29, 1.82) is 0 Å². The molecule has 0 aliphatic heterocycles. The van der Waals surface area contributed by atoms with Gasteiger partial charge in [0.15, 0.2) is 5.16 Å². The molecule has 1 N–H and O–H groups in total. The number of amides is 1. The molecule has 5 nitrogen and oxygen atoms in total. The lowest BCUT2D eigenvalue weighted by molar-refractivity contribution is -0.113. The fourth-order valence-corrected chi connectivity index (χ4v) is 5.04. The van der Waals surface area contributed by atoms with Crippen molar-refractivity contribution in [2.24, 2.45) is 0 Å². The molecule has 1 amide bonds. The molecule has 0 fully saturated rings. The van der Waals surface area contributed by atoms with Crippen molar-refractivity contribution in [3.05, 3.63) is 75.9 Å². The molecule has 152 valence electrons. The van der Waals surface area contributed by atoms with Crippen LogP contribution in [0.1, 0.15) is 12.5 Å². The van der Waals surface area contributed by atoms with Gasteiger partial charge in [0.05, 0.1) is 11.3 Å². The Morgan fingerprint density at radius 3 is 2.60 bits per heavy atom. The summed E-state index contributed by atoms with van der Waals surface area (Å²) in [7, 11) is 0. The molecule has 4 aromatic rings. The molecular formula is C23H21N3O2S2. The fraction of sp³-hybridized carbons (Fsp3) is 0.174. The van der Waals surface area contributed by atoms with Crippen LogP contribution in [0, 0.1) is 6.92 Å². The van der Waals surface area contributed by atoms with Crippen molar-refractivity contribution in [2.45, 2.75) is 25.5 Å². The summed E-state index contributed by atoms with van der Waals surface area (Å²) in [4.78, 5) is 30.3. The second-order valence-electron chi connectivity index (χ2n) is 6.79. The number of aryl methyl sites for hydroxylation is 1. The van der Waals surface area contributed by atoms with E-state index in [1.807, 2.05) is 73.8 Å². The van der Waals surface area contributed by atoms with Gasteiger partial charge in [-0.3, -0.25) is 14.2 Å². The van der Waals surface area contributed by atoms with Gasteiger partial charge >= 0.3 is 0 Å². The predicted octanol–water partition coefficient (Wildman–Crippen LogP) is 5.18. The molecule has 2 aromatic carbocycles. The summed E-state index contributed by atoms with van der Waals surface area (Å²) < 4.78 is 2.28. The normalized spacial score (nSPS) is 11.0. The van der Waals surface area contributed by atoms with Gasteiger partial charge in [-0.2, -0.15) is 0 Å². The number of carbonyl (C=O) groups is 1. The summed E-state index contributed by atoms with van der Waals surface area (Å²) in [6.45, 7) is 4.37. The van der Waals surface area contributed by atoms with Crippen molar-refractivity contribution >= 4 is 44.9 Å². The molecule has 7 heteroatoms. The molecule has 0 saturated heterocycles. The van der Waals surface area contributed by atoms with Crippen LogP contribution < -0.4 is 10.9 Å². The summed E-state index contributed by atoms with van der Waals surface area (Å²) >= 11 is 2.70. The summed E-state index contributed by atoms with van der Waals surface area (Å²) in [6, 6.07) is 17.6. The Morgan fingerprint density at radius 1 is 1.13 bits per heavy atom. The number of fused-ring (bicyclic) bond motifs is 1. The number of aromatic nitrogens is 2. The van der Waals surface area contributed by atoms with E-state index >= 15 is 0 Å². The van der Waals surface area contributed by atoms with Crippen molar-refractivity contribution in [3.8, 4) is 11.1 Å². The number of para-hydroxylation sites is 1. The van der Waals surface area contributed by atoms with Crippen LogP contribution in [0.3, 0.4) is 0 Å². The third kappa shape index (κ3) is 4.04. The summed E-state index contributed by atoms with van der Waals surface area (Å²) in [5.41, 5.74) is 4.41. The molecule has 0 atom stereocenters. The van der Waals surface area contributed by atoms with Gasteiger partial charge in [0, 0.05) is 23.2 Å². The molecule has 0 bridgehead atoms. The van der Waals surface area contributed by atoms with E-state index < -0.39 is 0 Å². The standard InChI is InChI=1S/C23H21N3O2S2/c1-3-26-22(28)21-20(17(13-29-21)16-10-5-4-6-11-16)25-23(26)30-14-19(27)24-18-12-8-7-9-15(18)2/h4-13H,3,14H2,1-2H3,(H,24,27). The van der Waals surface area contributed by atoms with E-state index in [4.69, 9.17) is 4.98 Å². The number of carbonyl (C=O) groups excluding carboxylic acids is 1. The van der Waals surface area contributed by atoms with Gasteiger partial charge in [-0.15, -0.1) is 11.3 Å². The van der Waals surface area contributed by atoms with Crippen LogP contribution in [0.15, 0.2) is 69.9 Å². The van der Waals surface area contributed by atoms with Gasteiger partial charge in [-0.25, -0.2) is 4.98 Å². The first-order valence-electron chi connectivity index (χ1n) is 9.64. The minimum Gasteiger partial charge on any atom is -0.325 e. The van der Waals surface area contributed by atoms with Crippen LogP contribution in [0.5, 0.6) is 0 Å². The highest BCUT2D eigenvalue weighted by molar-refractivity contribution is 7.99. The first-order valence-corrected chi connectivity index (χ1v) is 11.5. The number of rotatable bonds is 6. The van der Waals surface area contributed by atoms with E-state index in [-0.39, 0.29) is 17.2 Å². The largest absolute Gasteiger partial charge is 0.325 e. The molecule has 4 rings (SSSR count). The van der Waals surface area contributed by atoms with Crippen LogP contribution in [-0.4, -0.2) is 21.2 Å². The van der Waals surface area contributed by atoms with Crippen LogP contribution in [0.2, 0.25) is 0 Å². The molecule has 2 aromatic heterocycles. The second kappa shape index (κ2) is 8.85. The van der Waals surface area contributed by atoms with Crippen molar-refractivity contribution < 1.29 is 4.79 Å². The SMILES string of the molecule is CCn1c(SCC(=O)Nc2ccccc2C)nc2c(-c3ccccc3)csc2c1=O.